The van der Waals surface area contributed by atoms with E-state index in [9.17, 15) is 24.6 Å². The number of phenols is 2. The van der Waals surface area contributed by atoms with Gasteiger partial charge in [-0.15, -0.1) is 0 Å². The van der Waals surface area contributed by atoms with Crippen LogP contribution in [0.5, 0.6) is 11.5 Å². The highest BCUT2D eigenvalue weighted by atomic mass is 16.3. The number of nitrogens with one attached hydrogen (secondary N) is 4. The van der Waals surface area contributed by atoms with E-state index in [0.29, 0.717) is 5.56 Å². The molecule has 13 nitrogen and oxygen atoms in total. The number of hydrogen-bond donors (Lipinski definition) is 8. The second kappa shape index (κ2) is 12.9. The molecule has 218 valence electrons. The Balaban J connectivity index is 1.97. The quantitative estimate of drug-likeness (QED) is 0.0965. The number of carbonyl (C=O) groups excluding carboxylic acids is 2. The molecule has 0 unspecified atom stereocenters. The second-order valence-corrected chi connectivity index (χ2v) is 9.99. The molecule has 10 N–H and O–H groups in total. The summed E-state index contributed by atoms with van der Waals surface area (Å²) >= 11 is 0. The Labute approximate surface area is 237 Å². The van der Waals surface area contributed by atoms with Gasteiger partial charge in [0.2, 0.25) is 5.91 Å². The SMILES string of the molecule is CC[C@H](C)NC(=O)c1cc(N)cc(-c2cnc(NC(C)C)c(=O)n2CC(=O)NCc2c(O)cc(C(=N)N)cc2O)c1. The molecule has 2 amide bonds. The minimum Gasteiger partial charge on any atom is -0.507 e. The first-order chi connectivity index (χ1) is 19.3. The fourth-order valence-corrected chi connectivity index (χ4v) is 3.95. The first-order valence-electron chi connectivity index (χ1n) is 13.0. The van der Waals surface area contributed by atoms with Crippen molar-refractivity contribution in [2.75, 3.05) is 11.1 Å². The maximum Gasteiger partial charge on any atom is 0.294 e. The first-order valence-corrected chi connectivity index (χ1v) is 13.0. The molecule has 0 bridgehead atoms. The topological polar surface area (TPSA) is 221 Å². The smallest absolute Gasteiger partial charge is 0.294 e. The number of hydrogen-bond acceptors (Lipinski definition) is 9. The lowest BCUT2D eigenvalue weighted by Gasteiger charge is -2.18. The summed E-state index contributed by atoms with van der Waals surface area (Å²) in [6.45, 7) is 6.79. The summed E-state index contributed by atoms with van der Waals surface area (Å²) in [5.41, 5.74) is 12.3. The van der Waals surface area contributed by atoms with Crippen LogP contribution in [0.25, 0.3) is 11.3 Å². The number of aromatic hydroxyl groups is 2. The third-order valence-electron chi connectivity index (χ3n) is 6.26. The van der Waals surface area contributed by atoms with Crippen LogP contribution in [0.15, 0.2) is 41.3 Å². The molecule has 1 aromatic heterocycles. The van der Waals surface area contributed by atoms with Crippen molar-refractivity contribution in [3.05, 3.63) is 63.6 Å². The van der Waals surface area contributed by atoms with Gasteiger partial charge in [0.1, 0.15) is 23.9 Å². The van der Waals surface area contributed by atoms with Crippen molar-refractivity contribution >= 4 is 29.2 Å². The molecule has 0 fully saturated rings. The molecule has 2 aromatic carbocycles. The Morgan fingerprint density at radius 1 is 1.07 bits per heavy atom. The average Bonchev–Trinajstić information content (AvgIpc) is 2.89. The predicted molar refractivity (Wildman–Crippen MR) is 157 cm³/mol. The molecule has 0 radical (unpaired) electrons. The molecule has 3 aromatic rings. The number of phenolic OH excluding ortho intramolecular Hbond substituents is 2. The van der Waals surface area contributed by atoms with Gasteiger partial charge in [-0.3, -0.25) is 24.4 Å². The second-order valence-electron chi connectivity index (χ2n) is 9.99. The van der Waals surface area contributed by atoms with E-state index in [2.05, 4.69) is 20.9 Å². The lowest BCUT2D eigenvalue weighted by molar-refractivity contribution is -0.121. The zero-order valence-corrected chi connectivity index (χ0v) is 23.4. The van der Waals surface area contributed by atoms with E-state index in [-0.39, 0.29) is 75.8 Å². The number of amidine groups is 1. The molecule has 0 aliphatic rings. The van der Waals surface area contributed by atoms with Gasteiger partial charge in [-0.1, -0.05) is 6.92 Å². The average molecular weight is 565 g/mol. The van der Waals surface area contributed by atoms with Crippen LogP contribution < -0.4 is 33.0 Å². The van der Waals surface area contributed by atoms with Crippen molar-refractivity contribution in [2.45, 2.75) is 59.3 Å². The van der Waals surface area contributed by atoms with Crippen molar-refractivity contribution < 1.29 is 19.8 Å². The minimum atomic E-state index is -0.608. The predicted octanol–water partition coefficient (Wildman–Crippen LogP) is 1.85. The largest absolute Gasteiger partial charge is 0.507 e. The van der Waals surface area contributed by atoms with E-state index in [1.807, 2.05) is 27.7 Å². The summed E-state index contributed by atoms with van der Waals surface area (Å²) < 4.78 is 1.21. The van der Waals surface area contributed by atoms with Crippen LogP contribution in [-0.4, -0.2) is 49.5 Å². The summed E-state index contributed by atoms with van der Waals surface area (Å²) in [5.74, 6) is -1.97. The molecule has 1 heterocycles. The number of rotatable bonds is 11. The first kappa shape index (κ1) is 30.5. The lowest BCUT2D eigenvalue weighted by Crippen LogP contribution is -2.35. The van der Waals surface area contributed by atoms with Gasteiger partial charge in [-0.05, 0) is 57.5 Å². The standard InChI is InChI=1S/C28H36N8O5/c1-5-15(4)35-27(40)18-6-16(7-19(29)8-18)21-12-33-26(34-14(2)3)28(41)36(21)13-24(39)32-11-20-22(37)9-17(25(30)31)10-23(20)38/h6-10,12,14-15,37-38H,5,11,13,29H2,1-4H3,(H3,30,31)(H,32,39)(H,33,34)(H,35,40)/t15-/m0/s1. The summed E-state index contributed by atoms with van der Waals surface area (Å²) in [4.78, 5) is 43.5. The molecular formula is C28H36N8O5. The van der Waals surface area contributed by atoms with E-state index in [4.69, 9.17) is 16.9 Å². The van der Waals surface area contributed by atoms with E-state index in [1.165, 1.54) is 29.0 Å². The van der Waals surface area contributed by atoms with E-state index >= 15 is 0 Å². The Bertz CT molecular complexity index is 1510. The van der Waals surface area contributed by atoms with Gasteiger partial charge in [0.25, 0.3) is 11.5 Å². The molecule has 13 heteroatoms. The van der Waals surface area contributed by atoms with Crippen molar-refractivity contribution in [3.8, 4) is 22.8 Å². The van der Waals surface area contributed by atoms with Gasteiger partial charge in [-0.25, -0.2) is 4.98 Å². The highest BCUT2D eigenvalue weighted by Gasteiger charge is 2.19. The summed E-state index contributed by atoms with van der Waals surface area (Å²) in [6.07, 6.45) is 2.16. The Morgan fingerprint density at radius 3 is 2.32 bits per heavy atom. The zero-order valence-electron chi connectivity index (χ0n) is 23.4. The maximum absolute atomic E-state index is 13.4. The van der Waals surface area contributed by atoms with Crippen molar-refractivity contribution in [1.82, 2.24) is 20.2 Å². The molecule has 0 saturated heterocycles. The number of nitrogen functional groups attached to an aromatic ring is 2. The van der Waals surface area contributed by atoms with Gasteiger partial charge >= 0.3 is 0 Å². The van der Waals surface area contributed by atoms with Crippen LogP contribution >= 0.6 is 0 Å². The fraction of sp³-hybridized carbons (Fsp3) is 0.321. The molecule has 1 atom stereocenters. The van der Waals surface area contributed by atoms with Crippen LogP contribution in [0.1, 0.15) is 55.6 Å². The van der Waals surface area contributed by atoms with Gasteiger partial charge in [0.15, 0.2) is 5.82 Å². The normalized spacial score (nSPS) is 11.6. The molecular weight excluding hydrogens is 528 g/mol. The van der Waals surface area contributed by atoms with Crippen LogP contribution in [-0.2, 0) is 17.9 Å². The highest BCUT2D eigenvalue weighted by Crippen LogP contribution is 2.29. The lowest BCUT2D eigenvalue weighted by atomic mass is 10.1. The Hall–Kier alpha value is -5.07. The number of nitrogens with zero attached hydrogens (tertiary/aromatic N) is 2. The zero-order chi connectivity index (χ0) is 30.4. The minimum absolute atomic E-state index is 0.0145. The van der Waals surface area contributed by atoms with E-state index in [0.717, 1.165) is 6.42 Å². The number of amides is 2. The molecule has 0 spiro atoms. The number of anilines is 2. The third kappa shape index (κ3) is 7.53. The molecule has 0 aliphatic heterocycles. The number of carbonyl (C=O) groups is 2. The highest BCUT2D eigenvalue weighted by molar-refractivity contribution is 5.97. The van der Waals surface area contributed by atoms with Crippen molar-refractivity contribution in [1.29, 1.82) is 5.41 Å². The summed E-state index contributed by atoms with van der Waals surface area (Å²) in [5, 5.41) is 36.4. The molecule has 3 rings (SSSR count). The van der Waals surface area contributed by atoms with Gasteiger partial charge in [0, 0.05) is 34.5 Å². The van der Waals surface area contributed by atoms with Crippen LogP contribution in [0, 0.1) is 5.41 Å². The third-order valence-corrected chi connectivity index (χ3v) is 6.26. The summed E-state index contributed by atoms with van der Waals surface area (Å²) in [6, 6.07) is 6.90. The number of aromatic nitrogens is 2. The van der Waals surface area contributed by atoms with E-state index in [1.54, 1.807) is 12.1 Å². The maximum atomic E-state index is 13.4. The fourth-order valence-electron chi connectivity index (χ4n) is 3.95. The van der Waals surface area contributed by atoms with Crippen LogP contribution in [0.2, 0.25) is 0 Å². The van der Waals surface area contributed by atoms with Crippen LogP contribution in [0.3, 0.4) is 0 Å². The monoisotopic (exact) mass is 564 g/mol. The molecule has 41 heavy (non-hydrogen) atoms. The van der Waals surface area contributed by atoms with Gasteiger partial charge in [0.05, 0.1) is 24.0 Å². The van der Waals surface area contributed by atoms with Crippen LogP contribution in [0.4, 0.5) is 11.5 Å². The molecule has 0 saturated carbocycles. The Morgan fingerprint density at radius 2 is 1.73 bits per heavy atom. The molecule has 0 aliphatic carbocycles. The summed E-state index contributed by atoms with van der Waals surface area (Å²) in [7, 11) is 0. The van der Waals surface area contributed by atoms with Gasteiger partial charge < -0.3 is 37.6 Å². The van der Waals surface area contributed by atoms with Crippen molar-refractivity contribution in [3.63, 3.8) is 0 Å². The Kier molecular flexibility index (Phi) is 9.55. The van der Waals surface area contributed by atoms with Gasteiger partial charge in [-0.2, -0.15) is 0 Å². The number of nitrogens with two attached hydrogens (primary N) is 2. The van der Waals surface area contributed by atoms with E-state index < -0.39 is 18.0 Å². The van der Waals surface area contributed by atoms with Crippen molar-refractivity contribution in [2.24, 2.45) is 5.73 Å². The number of benzene rings is 2.